The number of benzene rings is 1. The summed E-state index contributed by atoms with van der Waals surface area (Å²) in [6.45, 7) is 1.72. The van der Waals surface area contributed by atoms with Crippen LogP contribution in [0.4, 0.5) is 5.69 Å². The number of hydrogen-bond acceptors (Lipinski definition) is 7. The molecule has 1 amide bonds. The molecule has 2 aromatic rings. The van der Waals surface area contributed by atoms with Gasteiger partial charge in [0.05, 0.1) is 18.4 Å². The molecular formula is C13H15N5O3S. The molecule has 0 spiro atoms. The number of esters is 1. The predicted octanol–water partition coefficient (Wildman–Crippen LogP) is 0.818. The van der Waals surface area contributed by atoms with Crippen molar-refractivity contribution in [3.63, 3.8) is 0 Å². The highest BCUT2D eigenvalue weighted by atomic mass is 32.2. The lowest BCUT2D eigenvalue weighted by Crippen LogP contribution is -2.16. The molecule has 3 N–H and O–H groups in total. The van der Waals surface area contributed by atoms with E-state index in [9.17, 15) is 9.59 Å². The number of nitrogens with two attached hydrogens (primary N) is 1. The number of amides is 1. The summed E-state index contributed by atoms with van der Waals surface area (Å²) in [6, 6.07) is 6.50. The van der Waals surface area contributed by atoms with Crippen LogP contribution in [0.1, 0.15) is 16.2 Å². The van der Waals surface area contributed by atoms with Gasteiger partial charge in [0.1, 0.15) is 5.82 Å². The second-order valence-electron chi connectivity index (χ2n) is 4.31. The Morgan fingerprint density at radius 2 is 2.18 bits per heavy atom. The largest absolute Gasteiger partial charge is 0.465 e. The summed E-state index contributed by atoms with van der Waals surface area (Å²) >= 11 is 1.17. The standard InChI is InChI=1S/C13H15N5O3S/c1-8-16-17-13(18(8)14)22-7-11(19)15-10-5-3-4-9(6-10)12(20)21-2/h3-6H,7,14H2,1-2H3,(H,15,19). The fourth-order valence-electron chi connectivity index (χ4n) is 1.62. The van der Waals surface area contributed by atoms with Gasteiger partial charge in [0.2, 0.25) is 11.1 Å². The van der Waals surface area contributed by atoms with Gasteiger partial charge in [-0.2, -0.15) is 0 Å². The van der Waals surface area contributed by atoms with Crippen molar-refractivity contribution in [3.05, 3.63) is 35.7 Å². The zero-order valence-electron chi connectivity index (χ0n) is 12.1. The number of methoxy groups -OCH3 is 1. The number of nitrogen functional groups attached to an aromatic ring is 1. The van der Waals surface area contributed by atoms with Crippen LogP contribution in [0.3, 0.4) is 0 Å². The topological polar surface area (TPSA) is 112 Å². The van der Waals surface area contributed by atoms with Gasteiger partial charge < -0.3 is 15.9 Å². The molecule has 1 aromatic heterocycles. The van der Waals surface area contributed by atoms with Crippen LogP contribution in [0.25, 0.3) is 0 Å². The average Bonchev–Trinajstić information content (AvgIpc) is 2.84. The van der Waals surface area contributed by atoms with Gasteiger partial charge in [-0.3, -0.25) is 4.79 Å². The first-order valence-electron chi connectivity index (χ1n) is 6.29. The van der Waals surface area contributed by atoms with Crippen molar-refractivity contribution >= 4 is 29.3 Å². The molecule has 22 heavy (non-hydrogen) atoms. The van der Waals surface area contributed by atoms with E-state index in [0.717, 1.165) is 0 Å². The van der Waals surface area contributed by atoms with Gasteiger partial charge in [0, 0.05) is 5.69 Å². The molecule has 0 atom stereocenters. The number of aryl methyl sites for hydroxylation is 1. The van der Waals surface area contributed by atoms with Crippen LogP contribution < -0.4 is 11.2 Å². The number of thioether (sulfide) groups is 1. The molecular weight excluding hydrogens is 306 g/mol. The summed E-state index contributed by atoms with van der Waals surface area (Å²) in [5.74, 6) is 5.68. The number of rotatable bonds is 5. The second-order valence-corrected chi connectivity index (χ2v) is 5.25. The molecule has 1 aromatic carbocycles. The Morgan fingerprint density at radius 1 is 1.41 bits per heavy atom. The van der Waals surface area contributed by atoms with E-state index >= 15 is 0 Å². The average molecular weight is 321 g/mol. The summed E-state index contributed by atoms with van der Waals surface area (Å²) in [6.07, 6.45) is 0. The third-order valence-electron chi connectivity index (χ3n) is 2.73. The number of aromatic nitrogens is 3. The second kappa shape index (κ2) is 6.94. The van der Waals surface area contributed by atoms with Crippen LogP contribution in [0, 0.1) is 6.92 Å². The fourth-order valence-corrected chi connectivity index (χ4v) is 2.32. The highest BCUT2D eigenvalue weighted by Crippen LogP contribution is 2.16. The lowest BCUT2D eigenvalue weighted by Gasteiger charge is -2.06. The van der Waals surface area contributed by atoms with E-state index in [-0.39, 0.29) is 11.7 Å². The molecule has 0 aliphatic heterocycles. The minimum absolute atomic E-state index is 0.123. The third kappa shape index (κ3) is 3.76. The van der Waals surface area contributed by atoms with Gasteiger partial charge >= 0.3 is 5.97 Å². The fraction of sp³-hybridized carbons (Fsp3) is 0.231. The minimum atomic E-state index is -0.461. The van der Waals surface area contributed by atoms with E-state index < -0.39 is 5.97 Å². The Labute approximate surface area is 131 Å². The number of hydrogen-bond donors (Lipinski definition) is 2. The van der Waals surface area contributed by atoms with E-state index in [0.29, 0.717) is 22.2 Å². The van der Waals surface area contributed by atoms with Crippen molar-refractivity contribution in [2.45, 2.75) is 12.1 Å². The minimum Gasteiger partial charge on any atom is -0.465 e. The van der Waals surface area contributed by atoms with E-state index in [1.54, 1.807) is 31.2 Å². The number of nitrogens with zero attached hydrogens (tertiary/aromatic N) is 3. The summed E-state index contributed by atoms with van der Waals surface area (Å²) in [5.41, 5.74) is 0.879. The van der Waals surface area contributed by atoms with Gasteiger partial charge in [-0.05, 0) is 25.1 Å². The molecule has 9 heteroatoms. The number of nitrogens with one attached hydrogen (secondary N) is 1. The third-order valence-corrected chi connectivity index (χ3v) is 3.68. The van der Waals surface area contributed by atoms with Crippen molar-refractivity contribution < 1.29 is 14.3 Å². The number of carbonyl (C=O) groups excluding carboxylic acids is 2. The summed E-state index contributed by atoms with van der Waals surface area (Å²) in [5, 5.41) is 10.8. The van der Waals surface area contributed by atoms with Gasteiger partial charge in [0.15, 0.2) is 0 Å². The number of ether oxygens (including phenoxy) is 1. The maximum atomic E-state index is 11.9. The van der Waals surface area contributed by atoms with Crippen LogP contribution in [0.2, 0.25) is 0 Å². The molecule has 0 bridgehead atoms. The van der Waals surface area contributed by atoms with Crippen LogP contribution in [-0.2, 0) is 9.53 Å². The molecule has 0 unspecified atom stereocenters. The quantitative estimate of drug-likeness (QED) is 0.476. The highest BCUT2D eigenvalue weighted by molar-refractivity contribution is 7.99. The predicted molar refractivity (Wildman–Crippen MR) is 82.0 cm³/mol. The van der Waals surface area contributed by atoms with Crippen molar-refractivity contribution in [3.8, 4) is 0 Å². The maximum absolute atomic E-state index is 11.9. The maximum Gasteiger partial charge on any atom is 0.337 e. The normalized spacial score (nSPS) is 10.3. The molecule has 2 rings (SSSR count). The molecule has 8 nitrogen and oxygen atoms in total. The Balaban J connectivity index is 1.95. The highest BCUT2D eigenvalue weighted by Gasteiger charge is 2.11. The zero-order valence-corrected chi connectivity index (χ0v) is 12.9. The van der Waals surface area contributed by atoms with E-state index in [2.05, 4.69) is 20.3 Å². The van der Waals surface area contributed by atoms with E-state index in [1.165, 1.54) is 23.5 Å². The van der Waals surface area contributed by atoms with Gasteiger partial charge in [-0.1, -0.05) is 17.8 Å². The lowest BCUT2D eigenvalue weighted by atomic mass is 10.2. The van der Waals surface area contributed by atoms with Gasteiger partial charge in [0.25, 0.3) is 0 Å². The molecule has 0 saturated carbocycles. The van der Waals surface area contributed by atoms with Crippen LogP contribution in [-0.4, -0.2) is 39.6 Å². The first-order chi connectivity index (χ1) is 10.5. The van der Waals surface area contributed by atoms with Gasteiger partial charge in [-0.15, -0.1) is 10.2 Å². The lowest BCUT2D eigenvalue weighted by molar-refractivity contribution is -0.113. The molecule has 0 radical (unpaired) electrons. The van der Waals surface area contributed by atoms with Gasteiger partial charge in [-0.25, -0.2) is 9.47 Å². The summed E-state index contributed by atoms with van der Waals surface area (Å²) in [4.78, 5) is 23.3. The Kier molecular flexibility index (Phi) is 4.99. The molecule has 0 saturated heterocycles. The molecule has 0 aliphatic rings. The van der Waals surface area contributed by atoms with Crippen LogP contribution in [0.5, 0.6) is 0 Å². The summed E-state index contributed by atoms with van der Waals surface area (Å²) < 4.78 is 5.94. The van der Waals surface area contributed by atoms with E-state index in [4.69, 9.17) is 5.84 Å². The molecule has 116 valence electrons. The SMILES string of the molecule is COC(=O)c1cccc(NC(=O)CSc2nnc(C)n2N)c1. The van der Waals surface area contributed by atoms with Crippen molar-refractivity contribution in [2.24, 2.45) is 0 Å². The Hall–Kier alpha value is -2.55. The Bertz CT molecular complexity index is 701. The Morgan fingerprint density at radius 3 is 2.82 bits per heavy atom. The van der Waals surface area contributed by atoms with Crippen molar-refractivity contribution in [1.29, 1.82) is 0 Å². The van der Waals surface area contributed by atoms with Crippen LogP contribution >= 0.6 is 11.8 Å². The number of carbonyl (C=O) groups is 2. The number of anilines is 1. The zero-order chi connectivity index (χ0) is 16.1. The van der Waals surface area contributed by atoms with Crippen LogP contribution in [0.15, 0.2) is 29.4 Å². The summed E-state index contributed by atoms with van der Waals surface area (Å²) in [7, 11) is 1.30. The molecule has 1 heterocycles. The first kappa shape index (κ1) is 15.8. The molecule has 0 aliphatic carbocycles. The van der Waals surface area contributed by atoms with Crippen molar-refractivity contribution in [1.82, 2.24) is 14.9 Å². The monoisotopic (exact) mass is 321 g/mol. The van der Waals surface area contributed by atoms with E-state index in [1.807, 2.05) is 0 Å². The smallest absolute Gasteiger partial charge is 0.337 e. The molecule has 0 fully saturated rings. The first-order valence-corrected chi connectivity index (χ1v) is 7.28. The van der Waals surface area contributed by atoms with Crippen molar-refractivity contribution in [2.75, 3.05) is 24.0 Å².